The molecule has 6 nitrogen and oxygen atoms in total. The molecule has 1 aromatic heterocycles. The van der Waals surface area contributed by atoms with E-state index in [4.69, 9.17) is 0 Å². The highest BCUT2D eigenvalue weighted by Gasteiger charge is 2.26. The molecule has 0 spiro atoms. The van der Waals surface area contributed by atoms with Crippen molar-refractivity contribution >= 4 is 11.5 Å². The summed E-state index contributed by atoms with van der Waals surface area (Å²) in [6.07, 6.45) is 3.86. The Bertz CT molecular complexity index is 470. The molecule has 1 aromatic rings. The zero-order valence-corrected chi connectivity index (χ0v) is 11.4. The summed E-state index contributed by atoms with van der Waals surface area (Å²) in [4.78, 5) is 14.7. The second kappa shape index (κ2) is 5.52. The Morgan fingerprint density at radius 1 is 1.63 bits per heavy atom. The van der Waals surface area contributed by atoms with Crippen molar-refractivity contribution in [2.45, 2.75) is 26.7 Å². The van der Waals surface area contributed by atoms with Gasteiger partial charge in [0.1, 0.15) is 5.82 Å². The molecule has 0 saturated carbocycles. The van der Waals surface area contributed by atoms with Crippen LogP contribution in [-0.4, -0.2) is 29.5 Å². The van der Waals surface area contributed by atoms with Gasteiger partial charge in [-0.2, -0.15) is 0 Å². The standard InChI is InChI=1S/C13H20N4O2/c1-10-7-15-12(6-11(10)17(18)19)16-9-13(2)4-3-5-14-8-13/h6-7,14H,3-5,8-9H2,1-2H3,(H,15,16). The van der Waals surface area contributed by atoms with E-state index in [9.17, 15) is 10.1 Å². The van der Waals surface area contributed by atoms with Crippen LogP contribution in [-0.2, 0) is 0 Å². The fraction of sp³-hybridized carbons (Fsp3) is 0.615. The van der Waals surface area contributed by atoms with Crippen molar-refractivity contribution in [2.75, 3.05) is 25.0 Å². The number of pyridine rings is 1. The fourth-order valence-electron chi connectivity index (χ4n) is 2.38. The number of nitrogens with one attached hydrogen (secondary N) is 2. The first-order valence-corrected chi connectivity index (χ1v) is 6.56. The predicted molar refractivity (Wildman–Crippen MR) is 74.3 cm³/mol. The number of aryl methyl sites for hydroxylation is 1. The van der Waals surface area contributed by atoms with Crippen LogP contribution >= 0.6 is 0 Å². The Balaban J connectivity index is 2.03. The number of rotatable bonds is 4. The summed E-state index contributed by atoms with van der Waals surface area (Å²) >= 11 is 0. The highest BCUT2D eigenvalue weighted by Crippen LogP contribution is 2.26. The highest BCUT2D eigenvalue weighted by molar-refractivity contribution is 5.49. The number of hydrogen-bond donors (Lipinski definition) is 2. The van der Waals surface area contributed by atoms with Crippen LogP contribution in [0.2, 0.25) is 0 Å². The smallest absolute Gasteiger partial charge is 0.277 e. The highest BCUT2D eigenvalue weighted by atomic mass is 16.6. The lowest BCUT2D eigenvalue weighted by atomic mass is 9.83. The minimum Gasteiger partial charge on any atom is -0.369 e. The van der Waals surface area contributed by atoms with Crippen LogP contribution in [0.1, 0.15) is 25.3 Å². The Labute approximate surface area is 112 Å². The van der Waals surface area contributed by atoms with Crippen molar-refractivity contribution < 1.29 is 4.92 Å². The average Bonchev–Trinajstić information content (AvgIpc) is 2.38. The molecule has 0 bridgehead atoms. The molecular formula is C13H20N4O2. The molecule has 1 atom stereocenters. The van der Waals surface area contributed by atoms with E-state index < -0.39 is 0 Å². The van der Waals surface area contributed by atoms with Gasteiger partial charge >= 0.3 is 0 Å². The molecule has 104 valence electrons. The molecule has 1 saturated heterocycles. The number of nitrogens with zero attached hydrogens (tertiary/aromatic N) is 2. The molecule has 0 amide bonds. The minimum atomic E-state index is -0.369. The van der Waals surface area contributed by atoms with Crippen LogP contribution < -0.4 is 10.6 Å². The van der Waals surface area contributed by atoms with Crippen molar-refractivity contribution in [3.8, 4) is 0 Å². The van der Waals surface area contributed by atoms with Crippen LogP contribution in [0.25, 0.3) is 0 Å². The molecule has 2 N–H and O–H groups in total. The first kappa shape index (κ1) is 13.7. The molecular weight excluding hydrogens is 244 g/mol. The molecule has 0 aliphatic carbocycles. The fourth-order valence-corrected chi connectivity index (χ4v) is 2.38. The third-order valence-electron chi connectivity index (χ3n) is 3.65. The van der Waals surface area contributed by atoms with Crippen molar-refractivity contribution in [1.82, 2.24) is 10.3 Å². The van der Waals surface area contributed by atoms with E-state index in [1.807, 2.05) is 0 Å². The summed E-state index contributed by atoms with van der Waals surface area (Å²) in [6, 6.07) is 1.51. The van der Waals surface area contributed by atoms with Gasteiger partial charge in [-0.25, -0.2) is 4.98 Å². The van der Waals surface area contributed by atoms with Crippen LogP contribution in [0.4, 0.5) is 11.5 Å². The molecule has 1 unspecified atom stereocenters. The van der Waals surface area contributed by atoms with Gasteiger partial charge in [0.15, 0.2) is 0 Å². The van der Waals surface area contributed by atoms with Crippen LogP contribution in [0, 0.1) is 22.5 Å². The molecule has 1 fully saturated rings. The maximum absolute atomic E-state index is 10.9. The van der Waals surface area contributed by atoms with E-state index in [0.717, 1.165) is 26.1 Å². The lowest BCUT2D eigenvalue weighted by Gasteiger charge is -2.34. The van der Waals surface area contributed by atoms with E-state index in [-0.39, 0.29) is 16.0 Å². The van der Waals surface area contributed by atoms with Crippen molar-refractivity contribution in [1.29, 1.82) is 0 Å². The van der Waals surface area contributed by atoms with E-state index >= 15 is 0 Å². The van der Waals surface area contributed by atoms with Crippen molar-refractivity contribution in [3.05, 3.63) is 27.9 Å². The van der Waals surface area contributed by atoms with Gasteiger partial charge < -0.3 is 10.6 Å². The third-order valence-corrected chi connectivity index (χ3v) is 3.65. The summed E-state index contributed by atoms with van der Waals surface area (Å²) in [5.41, 5.74) is 0.880. The van der Waals surface area contributed by atoms with Gasteiger partial charge in [-0.1, -0.05) is 6.92 Å². The lowest BCUT2D eigenvalue weighted by Crippen LogP contribution is -2.42. The van der Waals surface area contributed by atoms with Crippen molar-refractivity contribution in [3.63, 3.8) is 0 Å². The molecule has 1 aliphatic heterocycles. The predicted octanol–water partition coefficient (Wildman–Crippen LogP) is 2.10. The number of aromatic nitrogens is 1. The van der Waals surface area contributed by atoms with Gasteiger partial charge in [0.05, 0.1) is 11.0 Å². The largest absolute Gasteiger partial charge is 0.369 e. The Morgan fingerprint density at radius 3 is 3.05 bits per heavy atom. The van der Waals surface area contributed by atoms with E-state index in [1.165, 1.54) is 12.5 Å². The van der Waals surface area contributed by atoms with E-state index in [2.05, 4.69) is 22.5 Å². The second-order valence-electron chi connectivity index (χ2n) is 5.56. The summed E-state index contributed by atoms with van der Waals surface area (Å²) in [5.74, 6) is 0.573. The zero-order chi connectivity index (χ0) is 13.9. The number of anilines is 1. The van der Waals surface area contributed by atoms with Crippen molar-refractivity contribution in [2.24, 2.45) is 5.41 Å². The summed E-state index contributed by atoms with van der Waals surface area (Å²) in [7, 11) is 0. The van der Waals surface area contributed by atoms with E-state index in [1.54, 1.807) is 13.1 Å². The maximum Gasteiger partial charge on any atom is 0.277 e. The summed E-state index contributed by atoms with van der Waals surface area (Å²) in [6.45, 7) is 6.72. The molecule has 0 aromatic carbocycles. The molecule has 19 heavy (non-hydrogen) atoms. The zero-order valence-electron chi connectivity index (χ0n) is 11.4. The summed E-state index contributed by atoms with van der Waals surface area (Å²) in [5, 5.41) is 17.5. The Morgan fingerprint density at radius 2 is 2.42 bits per heavy atom. The number of piperidine rings is 1. The normalized spacial score (nSPS) is 23.1. The SMILES string of the molecule is Cc1cnc(NCC2(C)CCCNC2)cc1[N+](=O)[O-]. The Hall–Kier alpha value is -1.69. The van der Waals surface area contributed by atoms with Gasteiger partial charge in [-0.3, -0.25) is 10.1 Å². The van der Waals surface area contributed by atoms with Gasteiger partial charge in [-0.05, 0) is 31.7 Å². The van der Waals surface area contributed by atoms with Gasteiger partial charge in [0.2, 0.25) is 0 Å². The van der Waals surface area contributed by atoms with E-state index in [0.29, 0.717) is 11.4 Å². The van der Waals surface area contributed by atoms with Gasteiger partial charge in [0, 0.05) is 24.8 Å². The van der Waals surface area contributed by atoms with Crippen LogP contribution in [0.15, 0.2) is 12.3 Å². The topological polar surface area (TPSA) is 80.1 Å². The third kappa shape index (κ3) is 3.41. The second-order valence-corrected chi connectivity index (χ2v) is 5.56. The van der Waals surface area contributed by atoms with Crippen LogP contribution in [0.3, 0.4) is 0 Å². The lowest BCUT2D eigenvalue weighted by molar-refractivity contribution is -0.385. The first-order valence-electron chi connectivity index (χ1n) is 6.56. The molecule has 2 rings (SSSR count). The molecule has 0 radical (unpaired) electrons. The average molecular weight is 264 g/mol. The quantitative estimate of drug-likeness (QED) is 0.643. The monoisotopic (exact) mass is 264 g/mol. The first-order chi connectivity index (χ1) is 9.00. The van der Waals surface area contributed by atoms with Gasteiger partial charge in [-0.15, -0.1) is 0 Å². The maximum atomic E-state index is 10.9. The summed E-state index contributed by atoms with van der Waals surface area (Å²) < 4.78 is 0. The molecule has 6 heteroatoms. The molecule has 2 heterocycles. The number of nitro groups is 1. The number of hydrogen-bond acceptors (Lipinski definition) is 5. The minimum absolute atomic E-state index is 0.115. The Kier molecular flexibility index (Phi) is 3.99. The van der Waals surface area contributed by atoms with Gasteiger partial charge in [0.25, 0.3) is 5.69 Å². The molecule has 1 aliphatic rings. The van der Waals surface area contributed by atoms with Crippen LogP contribution in [0.5, 0.6) is 0 Å².